The largest absolute Gasteiger partial charge is 0.493 e. The number of nitrogens with zero attached hydrogens (tertiary/aromatic N) is 1. The van der Waals surface area contributed by atoms with Crippen LogP contribution in [0.15, 0.2) is 36.4 Å². The fraction of sp³-hybridized carbons (Fsp3) is 0.273. The highest BCUT2D eigenvalue weighted by Crippen LogP contribution is 2.37. The van der Waals surface area contributed by atoms with Gasteiger partial charge in [-0.3, -0.25) is 9.10 Å². The maximum atomic E-state index is 13.2. The number of ether oxygens (including phenoxy) is 3. The van der Waals surface area contributed by atoms with Crippen molar-refractivity contribution in [1.29, 1.82) is 0 Å². The van der Waals surface area contributed by atoms with Gasteiger partial charge in [0.2, 0.25) is 10.0 Å². The maximum Gasteiger partial charge on any atom is 0.348 e. The predicted octanol–water partition coefficient (Wildman–Crippen LogP) is 3.74. The molecule has 0 atom stereocenters. The number of carbonyl (C=O) groups excluding carboxylic acids is 2. The summed E-state index contributed by atoms with van der Waals surface area (Å²) in [5.41, 5.74) is 0.741. The normalized spacial score (nSPS) is 11.2. The number of nitrogens with one attached hydrogen (secondary N) is 1. The van der Waals surface area contributed by atoms with Crippen molar-refractivity contribution in [1.82, 2.24) is 0 Å². The summed E-state index contributed by atoms with van der Waals surface area (Å²) in [6.07, 6.45) is 1.07. The third-order valence-electron chi connectivity index (χ3n) is 4.86. The van der Waals surface area contributed by atoms with Gasteiger partial charge in [0.15, 0.2) is 11.5 Å². The third-order valence-corrected chi connectivity index (χ3v) is 7.22. The number of rotatable bonds is 8. The SMILES string of the molecule is CCN(c1cc(OC)c(OC)cc1C(=O)Nc1ccc2sc(C(=O)OC)cc2c1)S(C)(=O)=O. The number of thiophene rings is 1. The summed E-state index contributed by atoms with van der Waals surface area (Å²) < 4.78 is 42.1. The lowest BCUT2D eigenvalue weighted by Gasteiger charge is -2.24. The number of methoxy groups -OCH3 is 3. The summed E-state index contributed by atoms with van der Waals surface area (Å²) in [5, 5.41) is 3.56. The van der Waals surface area contributed by atoms with E-state index in [-0.39, 0.29) is 23.5 Å². The zero-order chi connectivity index (χ0) is 24.3. The Morgan fingerprint density at radius 3 is 2.27 bits per heavy atom. The first-order valence-electron chi connectivity index (χ1n) is 9.79. The summed E-state index contributed by atoms with van der Waals surface area (Å²) in [5.74, 6) is -0.388. The van der Waals surface area contributed by atoms with Gasteiger partial charge in [-0.2, -0.15) is 0 Å². The Morgan fingerprint density at radius 1 is 1.03 bits per heavy atom. The van der Waals surface area contributed by atoms with Gasteiger partial charge in [0.25, 0.3) is 5.91 Å². The molecule has 2 aromatic carbocycles. The summed E-state index contributed by atoms with van der Waals surface area (Å²) in [4.78, 5) is 25.5. The molecule has 1 aromatic heterocycles. The standard InChI is InChI=1S/C22H24N2O7S2/c1-6-24(33(5,27)28)16-12-18(30-3)17(29-2)11-15(16)21(25)23-14-7-8-19-13(9-14)10-20(32-19)22(26)31-4/h7-12H,6H2,1-5H3,(H,23,25). The van der Waals surface area contributed by atoms with E-state index in [2.05, 4.69) is 5.32 Å². The third kappa shape index (κ3) is 5.04. The number of anilines is 2. The first-order chi connectivity index (χ1) is 15.6. The van der Waals surface area contributed by atoms with E-state index in [9.17, 15) is 18.0 Å². The molecule has 3 aromatic rings. The average molecular weight is 493 g/mol. The molecule has 0 fully saturated rings. The Bertz CT molecular complexity index is 1320. The Hall–Kier alpha value is -3.31. The van der Waals surface area contributed by atoms with Crippen molar-refractivity contribution in [2.24, 2.45) is 0 Å². The Kier molecular flexibility index (Phi) is 7.13. The first kappa shape index (κ1) is 24.3. The molecule has 0 radical (unpaired) electrons. The van der Waals surface area contributed by atoms with Crippen molar-refractivity contribution < 1.29 is 32.2 Å². The van der Waals surface area contributed by atoms with E-state index >= 15 is 0 Å². The number of hydrogen-bond donors (Lipinski definition) is 1. The number of amides is 1. The molecule has 0 spiro atoms. The van der Waals surface area contributed by atoms with Gasteiger partial charge >= 0.3 is 5.97 Å². The van der Waals surface area contributed by atoms with E-state index in [1.165, 1.54) is 44.8 Å². The smallest absolute Gasteiger partial charge is 0.348 e. The molecule has 0 unspecified atom stereocenters. The number of esters is 1. The van der Waals surface area contributed by atoms with Gasteiger partial charge in [-0.05, 0) is 42.6 Å². The average Bonchev–Trinajstić information content (AvgIpc) is 3.21. The number of hydrogen-bond acceptors (Lipinski definition) is 8. The second-order valence-electron chi connectivity index (χ2n) is 6.96. The Morgan fingerprint density at radius 2 is 1.70 bits per heavy atom. The molecule has 0 saturated heterocycles. The maximum absolute atomic E-state index is 13.2. The van der Waals surface area contributed by atoms with Crippen molar-refractivity contribution in [3.8, 4) is 11.5 Å². The van der Waals surface area contributed by atoms with Gasteiger partial charge < -0.3 is 19.5 Å². The Balaban J connectivity index is 2.04. The molecule has 33 heavy (non-hydrogen) atoms. The number of sulfonamides is 1. The molecule has 176 valence electrons. The van der Waals surface area contributed by atoms with Gasteiger partial charge in [0.1, 0.15) is 4.88 Å². The predicted molar refractivity (Wildman–Crippen MR) is 129 cm³/mol. The van der Waals surface area contributed by atoms with Crippen LogP contribution in [0, 0.1) is 0 Å². The summed E-state index contributed by atoms with van der Waals surface area (Å²) in [6.45, 7) is 1.79. The van der Waals surface area contributed by atoms with Crippen molar-refractivity contribution in [3.05, 3.63) is 46.8 Å². The van der Waals surface area contributed by atoms with Gasteiger partial charge in [0.05, 0.1) is 38.8 Å². The fourth-order valence-electron chi connectivity index (χ4n) is 3.36. The number of benzene rings is 2. The second-order valence-corrected chi connectivity index (χ2v) is 9.95. The highest BCUT2D eigenvalue weighted by Gasteiger charge is 2.25. The van der Waals surface area contributed by atoms with Crippen LogP contribution in [-0.4, -0.2) is 54.4 Å². The van der Waals surface area contributed by atoms with Crippen LogP contribution in [0.1, 0.15) is 27.0 Å². The van der Waals surface area contributed by atoms with Crippen LogP contribution in [0.3, 0.4) is 0 Å². The molecule has 1 heterocycles. The van der Waals surface area contributed by atoms with Gasteiger partial charge in [-0.15, -0.1) is 11.3 Å². The van der Waals surface area contributed by atoms with Crippen molar-refractivity contribution in [2.75, 3.05) is 43.8 Å². The molecular formula is C22H24N2O7S2. The van der Waals surface area contributed by atoms with E-state index in [0.717, 1.165) is 20.6 Å². The molecule has 0 saturated carbocycles. The van der Waals surface area contributed by atoms with E-state index in [1.807, 2.05) is 0 Å². The minimum absolute atomic E-state index is 0.0978. The number of fused-ring (bicyclic) bond motifs is 1. The molecule has 9 nitrogen and oxygen atoms in total. The lowest BCUT2D eigenvalue weighted by Crippen LogP contribution is -2.31. The quantitative estimate of drug-likeness (QED) is 0.477. The van der Waals surface area contributed by atoms with Crippen LogP contribution in [-0.2, 0) is 14.8 Å². The minimum atomic E-state index is -3.66. The lowest BCUT2D eigenvalue weighted by atomic mass is 10.1. The van der Waals surface area contributed by atoms with Crippen LogP contribution < -0.4 is 19.1 Å². The zero-order valence-electron chi connectivity index (χ0n) is 18.8. The van der Waals surface area contributed by atoms with E-state index in [0.29, 0.717) is 16.3 Å². The van der Waals surface area contributed by atoms with Crippen molar-refractivity contribution in [3.63, 3.8) is 0 Å². The number of carbonyl (C=O) groups is 2. The van der Waals surface area contributed by atoms with E-state index in [4.69, 9.17) is 14.2 Å². The monoisotopic (exact) mass is 492 g/mol. The van der Waals surface area contributed by atoms with Gasteiger partial charge in [0, 0.05) is 23.0 Å². The fourth-order valence-corrected chi connectivity index (χ4v) is 5.30. The second kappa shape index (κ2) is 9.67. The molecule has 11 heteroatoms. The van der Waals surface area contributed by atoms with Crippen LogP contribution >= 0.6 is 11.3 Å². The molecule has 0 aliphatic heterocycles. The van der Waals surface area contributed by atoms with E-state index in [1.54, 1.807) is 31.2 Å². The van der Waals surface area contributed by atoms with E-state index < -0.39 is 21.9 Å². The molecular weight excluding hydrogens is 468 g/mol. The minimum Gasteiger partial charge on any atom is -0.493 e. The summed E-state index contributed by atoms with van der Waals surface area (Å²) >= 11 is 1.28. The van der Waals surface area contributed by atoms with Crippen LogP contribution in [0.2, 0.25) is 0 Å². The van der Waals surface area contributed by atoms with Crippen LogP contribution in [0.25, 0.3) is 10.1 Å². The Labute approximate surface area is 195 Å². The molecule has 1 amide bonds. The summed E-state index contributed by atoms with van der Waals surface area (Å²) in [6, 6.07) is 9.80. The summed E-state index contributed by atoms with van der Waals surface area (Å²) in [7, 11) is 0.506. The topological polar surface area (TPSA) is 111 Å². The molecule has 0 aliphatic rings. The van der Waals surface area contributed by atoms with Crippen LogP contribution in [0.5, 0.6) is 11.5 Å². The molecule has 3 rings (SSSR count). The highest BCUT2D eigenvalue weighted by molar-refractivity contribution is 7.92. The first-order valence-corrected chi connectivity index (χ1v) is 12.5. The molecule has 0 aliphatic carbocycles. The lowest BCUT2D eigenvalue weighted by molar-refractivity contribution is 0.0606. The molecule has 1 N–H and O–H groups in total. The van der Waals surface area contributed by atoms with Gasteiger partial charge in [-0.1, -0.05) is 0 Å². The highest BCUT2D eigenvalue weighted by atomic mass is 32.2. The molecule has 0 bridgehead atoms. The van der Waals surface area contributed by atoms with Crippen molar-refractivity contribution in [2.45, 2.75) is 6.92 Å². The van der Waals surface area contributed by atoms with Gasteiger partial charge in [-0.25, -0.2) is 13.2 Å². The zero-order valence-corrected chi connectivity index (χ0v) is 20.4. The van der Waals surface area contributed by atoms with Crippen molar-refractivity contribution >= 4 is 54.7 Å². The van der Waals surface area contributed by atoms with Crippen LogP contribution in [0.4, 0.5) is 11.4 Å².